The summed E-state index contributed by atoms with van der Waals surface area (Å²) < 4.78 is 27.6. The number of rotatable bonds is 3. The van der Waals surface area contributed by atoms with Crippen molar-refractivity contribution in [2.24, 2.45) is 0 Å². The van der Waals surface area contributed by atoms with Crippen molar-refractivity contribution in [1.82, 2.24) is 0 Å². The molecular formula is C30H20F2. The van der Waals surface area contributed by atoms with E-state index in [1.165, 1.54) is 18.2 Å². The van der Waals surface area contributed by atoms with Gasteiger partial charge in [0, 0.05) is 16.7 Å². The monoisotopic (exact) mass is 418 g/mol. The molecule has 0 aliphatic heterocycles. The van der Waals surface area contributed by atoms with Crippen LogP contribution in [0.15, 0.2) is 91.5 Å². The zero-order valence-electron chi connectivity index (χ0n) is 17.5. The molecular weight excluding hydrogens is 398 g/mol. The quantitative estimate of drug-likeness (QED) is 0.247. The molecule has 0 N–H and O–H groups in total. The summed E-state index contributed by atoms with van der Waals surface area (Å²) >= 11 is 0. The van der Waals surface area contributed by atoms with Crippen molar-refractivity contribution < 1.29 is 8.78 Å². The highest BCUT2D eigenvalue weighted by Crippen LogP contribution is 2.17. The van der Waals surface area contributed by atoms with E-state index in [4.69, 9.17) is 0 Å². The third-order valence-electron chi connectivity index (χ3n) is 5.05. The van der Waals surface area contributed by atoms with Crippen LogP contribution >= 0.6 is 0 Å². The summed E-state index contributed by atoms with van der Waals surface area (Å²) in [5.74, 6) is 11.6. The third-order valence-corrected chi connectivity index (χ3v) is 5.05. The van der Waals surface area contributed by atoms with Crippen LogP contribution in [0.5, 0.6) is 0 Å². The Labute approximate surface area is 187 Å². The van der Waals surface area contributed by atoms with Gasteiger partial charge in [-0.05, 0) is 89.8 Å². The summed E-state index contributed by atoms with van der Waals surface area (Å²) in [6.07, 6.45) is 3.42. The molecule has 0 aliphatic rings. The lowest BCUT2D eigenvalue weighted by Crippen LogP contribution is -1.89. The minimum Gasteiger partial charge on any atom is -0.207 e. The van der Waals surface area contributed by atoms with Crippen molar-refractivity contribution in [3.63, 3.8) is 0 Å². The Kier molecular flexibility index (Phi) is 6.45. The number of halogens is 2. The van der Waals surface area contributed by atoms with Crippen molar-refractivity contribution >= 4 is 10.8 Å². The van der Waals surface area contributed by atoms with E-state index in [1.54, 1.807) is 12.1 Å². The highest BCUT2D eigenvalue weighted by molar-refractivity contribution is 5.84. The van der Waals surface area contributed by atoms with Gasteiger partial charge in [0.2, 0.25) is 0 Å². The van der Waals surface area contributed by atoms with Crippen LogP contribution in [0.3, 0.4) is 0 Å². The summed E-state index contributed by atoms with van der Waals surface area (Å²) in [5.41, 5.74) is 3.83. The van der Waals surface area contributed by atoms with Gasteiger partial charge in [0.05, 0.1) is 5.56 Å². The average Bonchev–Trinajstić information content (AvgIpc) is 2.81. The average molecular weight is 418 g/mol. The molecule has 2 heteroatoms. The lowest BCUT2D eigenvalue weighted by molar-refractivity contribution is 0.622. The largest absolute Gasteiger partial charge is 0.207 e. The zero-order chi connectivity index (χ0) is 22.3. The molecule has 154 valence electrons. The predicted octanol–water partition coefficient (Wildman–Crippen LogP) is 7.04. The molecule has 0 nitrogen and oxygen atoms in total. The van der Waals surface area contributed by atoms with E-state index in [-0.39, 0.29) is 11.6 Å². The van der Waals surface area contributed by atoms with Gasteiger partial charge >= 0.3 is 0 Å². The molecule has 0 fully saturated rings. The van der Waals surface area contributed by atoms with Crippen LogP contribution in [0, 0.1) is 35.3 Å². The number of hydrogen-bond acceptors (Lipinski definition) is 0. The minimum atomic E-state index is -0.306. The standard InChI is InChI=1S/C30H20F2/c1-2-3-4-24-12-15-26(30(32)20-24)14-11-23-7-5-22(6-8-23)9-10-25-13-16-28-21-29(31)18-17-27(28)19-25/h2,5-8,12-13,15-21H,1,3-4H2. The first-order valence-electron chi connectivity index (χ1n) is 10.3. The first-order chi connectivity index (χ1) is 15.6. The molecule has 0 bridgehead atoms. The van der Waals surface area contributed by atoms with Gasteiger partial charge in [-0.1, -0.05) is 48.0 Å². The SMILES string of the molecule is C=CCCc1ccc(C#Cc2ccc(C#Cc3ccc4cc(F)ccc4c3)cc2)c(F)c1. The first kappa shape index (κ1) is 21.1. The van der Waals surface area contributed by atoms with E-state index in [1.807, 2.05) is 54.6 Å². The molecule has 0 heterocycles. The Bertz CT molecular complexity index is 1400. The van der Waals surface area contributed by atoms with Gasteiger partial charge in [0.15, 0.2) is 0 Å². The summed E-state index contributed by atoms with van der Waals surface area (Å²) in [6, 6.07) is 23.1. The van der Waals surface area contributed by atoms with Crippen LogP contribution in [0.2, 0.25) is 0 Å². The summed E-state index contributed by atoms with van der Waals surface area (Å²) in [7, 11) is 0. The van der Waals surface area contributed by atoms with Crippen molar-refractivity contribution in [2.45, 2.75) is 12.8 Å². The maximum Gasteiger partial charge on any atom is 0.139 e. The van der Waals surface area contributed by atoms with Crippen LogP contribution in [-0.2, 0) is 6.42 Å². The fourth-order valence-electron chi connectivity index (χ4n) is 3.30. The van der Waals surface area contributed by atoms with E-state index in [2.05, 4.69) is 30.3 Å². The highest BCUT2D eigenvalue weighted by atomic mass is 19.1. The smallest absolute Gasteiger partial charge is 0.139 e. The molecule has 4 rings (SSSR count). The van der Waals surface area contributed by atoms with Crippen molar-refractivity contribution in [3.8, 4) is 23.7 Å². The fraction of sp³-hybridized carbons (Fsp3) is 0.0667. The Morgan fingerprint density at radius 1 is 0.656 bits per heavy atom. The van der Waals surface area contributed by atoms with Crippen LogP contribution < -0.4 is 0 Å². The normalized spacial score (nSPS) is 10.1. The Balaban J connectivity index is 1.47. The maximum atomic E-state index is 14.3. The second kappa shape index (κ2) is 9.78. The predicted molar refractivity (Wildman–Crippen MR) is 127 cm³/mol. The maximum absolute atomic E-state index is 14.3. The van der Waals surface area contributed by atoms with Crippen molar-refractivity contribution in [1.29, 1.82) is 0 Å². The molecule has 0 saturated heterocycles. The molecule has 0 unspecified atom stereocenters. The lowest BCUT2D eigenvalue weighted by atomic mass is 10.1. The van der Waals surface area contributed by atoms with Gasteiger partial charge in [0.1, 0.15) is 11.6 Å². The van der Waals surface area contributed by atoms with Gasteiger partial charge in [-0.15, -0.1) is 6.58 Å². The molecule has 0 aromatic heterocycles. The lowest BCUT2D eigenvalue weighted by Gasteiger charge is -2.00. The van der Waals surface area contributed by atoms with Gasteiger partial charge in [0.25, 0.3) is 0 Å². The number of aryl methyl sites for hydroxylation is 1. The van der Waals surface area contributed by atoms with Gasteiger partial charge < -0.3 is 0 Å². The zero-order valence-corrected chi connectivity index (χ0v) is 17.5. The molecule has 0 amide bonds. The molecule has 0 spiro atoms. The van der Waals surface area contributed by atoms with Gasteiger partial charge in [-0.25, -0.2) is 8.78 Å². The van der Waals surface area contributed by atoms with Crippen molar-refractivity contribution in [2.75, 3.05) is 0 Å². The topological polar surface area (TPSA) is 0 Å². The molecule has 0 aliphatic carbocycles. The molecule has 0 atom stereocenters. The summed E-state index contributed by atoms with van der Waals surface area (Å²) in [5, 5.41) is 1.80. The fourth-order valence-corrected chi connectivity index (χ4v) is 3.30. The first-order valence-corrected chi connectivity index (χ1v) is 10.3. The molecule has 32 heavy (non-hydrogen) atoms. The number of hydrogen-bond donors (Lipinski definition) is 0. The molecule has 4 aromatic carbocycles. The van der Waals surface area contributed by atoms with Gasteiger partial charge in [-0.3, -0.25) is 0 Å². The van der Waals surface area contributed by atoms with Crippen molar-refractivity contribution in [3.05, 3.63) is 131 Å². The van der Waals surface area contributed by atoms with E-state index in [0.29, 0.717) is 5.56 Å². The van der Waals surface area contributed by atoms with E-state index < -0.39 is 0 Å². The summed E-state index contributed by atoms with van der Waals surface area (Å²) in [4.78, 5) is 0. The Hall–Kier alpha value is -4.14. The summed E-state index contributed by atoms with van der Waals surface area (Å²) in [6.45, 7) is 3.69. The van der Waals surface area contributed by atoms with E-state index in [9.17, 15) is 8.78 Å². The van der Waals surface area contributed by atoms with Gasteiger partial charge in [-0.2, -0.15) is 0 Å². The number of allylic oxidation sites excluding steroid dienone is 1. The molecule has 0 saturated carbocycles. The number of fused-ring (bicyclic) bond motifs is 1. The van der Waals surface area contributed by atoms with E-state index >= 15 is 0 Å². The Morgan fingerprint density at radius 2 is 1.28 bits per heavy atom. The third kappa shape index (κ3) is 5.31. The van der Waals surface area contributed by atoms with Crippen LogP contribution in [0.4, 0.5) is 8.78 Å². The van der Waals surface area contributed by atoms with Crippen LogP contribution in [0.1, 0.15) is 34.2 Å². The minimum absolute atomic E-state index is 0.247. The van der Waals surface area contributed by atoms with E-state index in [0.717, 1.165) is 45.9 Å². The number of benzene rings is 4. The second-order valence-corrected chi connectivity index (χ2v) is 7.43. The molecule has 0 radical (unpaired) electrons. The Morgan fingerprint density at radius 3 is 2.00 bits per heavy atom. The second-order valence-electron chi connectivity index (χ2n) is 7.43. The van der Waals surface area contributed by atoms with Crippen LogP contribution in [-0.4, -0.2) is 0 Å². The molecule has 4 aromatic rings. The highest BCUT2D eigenvalue weighted by Gasteiger charge is 2.01. The van der Waals surface area contributed by atoms with Crippen LogP contribution in [0.25, 0.3) is 10.8 Å².